The number of anilines is 1. The summed E-state index contributed by atoms with van der Waals surface area (Å²) in [6.45, 7) is 0.219. The van der Waals surface area contributed by atoms with E-state index in [-0.39, 0.29) is 23.0 Å². The molecule has 1 aromatic carbocycles. The molecule has 1 aliphatic heterocycles. The number of nitrogen functional groups attached to an aromatic ring is 1. The molecule has 0 spiro atoms. The van der Waals surface area contributed by atoms with Crippen LogP contribution in [0, 0.1) is 5.82 Å². The molecular weight excluding hydrogens is 297 g/mol. The van der Waals surface area contributed by atoms with Crippen LogP contribution in [0.3, 0.4) is 0 Å². The topological polar surface area (TPSA) is 92.5 Å². The highest BCUT2D eigenvalue weighted by Gasteiger charge is 2.38. The third-order valence-corrected chi connectivity index (χ3v) is 5.53. The zero-order chi connectivity index (χ0) is 15.6. The van der Waals surface area contributed by atoms with E-state index >= 15 is 0 Å². The van der Waals surface area contributed by atoms with Crippen LogP contribution in [0.2, 0.25) is 0 Å². The molecule has 116 valence electrons. The number of benzene rings is 1. The lowest BCUT2D eigenvalue weighted by Crippen LogP contribution is -2.51. The first-order valence-corrected chi connectivity index (χ1v) is 8.10. The summed E-state index contributed by atoms with van der Waals surface area (Å²) in [5.74, 6) is -1.05. The Kier molecular flexibility index (Phi) is 4.48. The van der Waals surface area contributed by atoms with Crippen molar-refractivity contribution in [2.75, 3.05) is 19.3 Å². The van der Waals surface area contributed by atoms with Gasteiger partial charge in [0, 0.05) is 13.6 Å². The first-order chi connectivity index (χ1) is 9.87. The summed E-state index contributed by atoms with van der Waals surface area (Å²) in [6.07, 6.45) is 1.86. The lowest BCUT2D eigenvalue weighted by Gasteiger charge is -2.33. The number of hydrogen-bond acceptors (Lipinski definition) is 4. The maximum atomic E-state index is 13.3. The minimum Gasteiger partial charge on any atom is -0.398 e. The summed E-state index contributed by atoms with van der Waals surface area (Å²) in [4.78, 5) is 11.6. The van der Waals surface area contributed by atoms with Gasteiger partial charge < -0.3 is 11.1 Å². The minimum absolute atomic E-state index is 0.0300. The van der Waals surface area contributed by atoms with Gasteiger partial charge in [0.2, 0.25) is 15.9 Å². The van der Waals surface area contributed by atoms with Crippen molar-refractivity contribution in [2.24, 2.45) is 0 Å². The second-order valence-corrected chi connectivity index (χ2v) is 6.78. The van der Waals surface area contributed by atoms with E-state index in [1.54, 1.807) is 0 Å². The third kappa shape index (κ3) is 3.01. The molecule has 1 fully saturated rings. The number of likely N-dealkylation sites (N-methyl/N-ethyl adjacent to an activating group) is 1. The van der Waals surface area contributed by atoms with Crippen molar-refractivity contribution >= 4 is 21.6 Å². The Labute approximate surface area is 123 Å². The number of nitrogens with one attached hydrogen (secondary N) is 1. The number of amides is 1. The van der Waals surface area contributed by atoms with Crippen molar-refractivity contribution in [2.45, 2.75) is 30.2 Å². The number of halogens is 1. The van der Waals surface area contributed by atoms with Gasteiger partial charge in [-0.15, -0.1) is 0 Å². The Bertz CT molecular complexity index is 648. The summed E-state index contributed by atoms with van der Waals surface area (Å²) in [7, 11) is -2.56. The molecule has 0 bridgehead atoms. The average Bonchev–Trinajstić information content (AvgIpc) is 2.48. The van der Waals surface area contributed by atoms with Gasteiger partial charge in [-0.25, -0.2) is 12.8 Å². The maximum absolute atomic E-state index is 13.3. The number of carbonyl (C=O) groups is 1. The molecule has 1 amide bonds. The molecule has 8 heteroatoms. The number of hydrogen-bond donors (Lipinski definition) is 2. The smallest absolute Gasteiger partial charge is 0.245 e. The van der Waals surface area contributed by atoms with Gasteiger partial charge in [-0.2, -0.15) is 4.31 Å². The van der Waals surface area contributed by atoms with Gasteiger partial charge in [-0.3, -0.25) is 4.79 Å². The summed E-state index contributed by atoms with van der Waals surface area (Å²) in [5.41, 5.74) is 5.63. The van der Waals surface area contributed by atoms with Crippen LogP contribution < -0.4 is 11.1 Å². The van der Waals surface area contributed by atoms with Gasteiger partial charge >= 0.3 is 0 Å². The largest absolute Gasteiger partial charge is 0.398 e. The fourth-order valence-electron chi connectivity index (χ4n) is 2.48. The van der Waals surface area contributed by atoms with Crippen LogP contribution in [0.5, 0.6) is 0 Å². The molecule has 1 aliphatic rings. The summed E-state index contributed by atoms with van der Waals surface area (Å²) >= 11 is 0. The van der Waals surface area contributed by atoms with E-state index < -0.39 is 21.9 Å². The number of nitrogens with two attached hydrogens (primary N) is 1. The Morgan fingerprint density at radius 1 is 1.43 bits per heavy atom. The molecule has 21 heavy (non-hydrogen) atoms. The predicted molar refractivity (Wildman–Crippen MR) is 76.4 cm³/mol. The van der Waals surface area contributed by atoms with E-state index in [2.05, 4.69) is 5.32 Å². The predicted octanol–water partition coefficient (Wildman–Crippen LogP) is 0.697. The van der Waals surface area contributed by atoms with E-state index in [9.17, 15) is 17.6 Å². The number of sulfonamides is 1. The number of carbonyl (C=O) groups excluding carboxylic acids is 1. The minimum atomic E-state index is -4.01. The van der Waals surface area contributed by atoms with E-state index in [0.29, 0.717) is 12.8 Å². The molecule has 0 aliphatic carbocycles. The SMILES string of the molecule is CNC(=O)C1CCCCN1S(=O)(=O)c1cc(F)ccc1N. The molecular formula is C13H18FN3O3S. The van der Waals surface area contributed by atoms with Gasteiger partial charge in [0.1, 0.15) is 16.8 Å². The zero-order valence-corrected chi connectivity index (χ0v) is 12.5. The van der Waals surface area contributed by atoms with Crippen molar-refractivity contribution in [3.05, 3.63) is 24.0 Å². The summed E-state index contributed by atoms with van der Waals surface area (Å²) in [6, 6.07) is 2.42. The lowest BCUT2D eigenvalue weighted by atomic mass is 10.0. The molecule has 0 aromatic heterocycles. The average molecular weight is 315 g/mol. The molecule has 1 aromatic rings. The molecule has 6 nitrogen and oxygen atoms in total. The fraction of sp³-hybridized carbons (Fsp3) is 0.462. The molecule has 0 saturated carbocycles. The van der Waals surface area contributed by atoms with Crippen LogP contribution in [0.25, 0.3) is 0 Å². The normalized spacial score (nSPS) is 20.2. The Hall–Kier alpha value is -1.67. The number of rotatable bonds is 3. The van der Waals surface area contributed by atoms with Gasteiger partial charge in [-0.05, 0) is 31.0 Å². The van der Waals surface area contributed by atoms with E-state index in [0.717, 1.165) is 22.9 Å². The standard InChI is InChI=1S/C13H18FN3O3S/c1-16-13(18)11-4-2-3-7-17(11)21(19,20)12-8-9(14)5-6-10(12)15/h5-6,8,11H,2-4,7,15H2,1H3,(H,16,18). The Morgan fingerprint density at radius 2 is 2.14 bits per heavy atom. The van der Waals surface area contributed by atoms with Crippen LogP contribution in [-0.4, -0.2) is 38.3 Å². The van der Waals surface area contributed by atoms with Crippen LogP contribution in [0.1, 0.15) is 19.3 Å². The molecule has 3 N–H and O–H groups in total. The van der Waals surface area contributed by atoms with E-state index in [1.165, 1.54) is 13.1 Å². The lowest BCUT2D eigenvalue weighted by molar-refractivity contribution is -0.125. The van der Waals surface area contributed by atoms with Crippen molar-refractivity contribution in [1.29, 1.82) is 0 Å². The number of nitrogens with zero attached hydrogens (tertiary/aromatic N) is 1. The van der Waals surface area contributed by atoms with Gasteiger partial charge in [-0.1, -0.05) is 6.42 Å². The van der Waals surface area contributed by atoms with Crippen molar-refractivity contribution in [3.8, 4) is 0 Å². The third-order valence-electron chi connectivity index (χ3n) is 3.56. The molecule has 1 saturated heterocycles. The quantitative estimate of drug-likeness (QED) is 0.803. The van der Waals surface area contributed by atoms with Gasteiger partial charge in [0.25, 0.3) is 0 Å². The molecule has 0 radical (unpaired) electrons. The molecule has 1 heterocycles. The highest BCUT2D eigenvalue weighted by molar-refractivity contribution is 7.89. The second-order valence-electron chi connectivity index (χ2n) is 4.92. The van der Waals surface area contributed by atoms with Crippen LogP contribution >= 0.6 is 0 Å². The van der Waals surface area contributed by atoms with E-state index in [4.69, 9.17) is 5.73 Å². The first-order valence-electron chi connectivity index (χ1n) is 6.66. The summed E-state index contributed by atoms with van der Waals surface area (Å²) in [5, 5.41) is 2.46. The van der Waals surface area contributed by atoms with Crippen LogP contribution in [-0.2, 0) is 14.8 Å². The molecule has 1 unspecified atom stereocenters. The van der Waals surface area contributed by atoms with Crippen LogP contribution in [0.15, 0.2) is 23.1 Å². The second kappa shape index (κ2) is 5.98. The maximum Gasteiger partial charge on any atom is 0.245 e. The van der Waals surface area contributed by atoms with E-state index in [1.807, 2.05) is 0 Å². The Balaban J connectivity index is 2.45. The zero-order valence-electron chi connectivity index (χ0n) is 11.7. The number of piperidine rings is 1. The van der Waals surface area contributed by atoms with Crippen molar-refractivity contribution in [1.82, 2.24) is 9.62 Å². The molecule has 1 atom stereocenters. The van der Waals surface area contributed by atoms with Crippen molar-refractivity contribution in [3.63, 3.8) is 0 Å². The highest BCUT2D eigenvalue weighted by Crippen LogP contribution is 2.29. The van der Waals surface area contributed by atoms with Crippen LogP contribution in [0.4, 0.5) is 10.1 Å². The Morgan fingerprint density at radius 3 is 2.81 bits per heavy atom. The molecule has 2 rings (SSSR count). The van der Waals surface area contributed by atoms with Crippen molar-refractivity contribution < 1.29 is 17.6 Å². The van der Waals surface area contributed by atoms with Gasteiger partial charge in [0.05, 0.1) is 5.69 Å². The summed E-state index contributed by atoms with van der Waals surface area (Å²) < 4.78 is 39.8. The first kappa shape index (κ1) is 15.7. The van der Waals surface area contributed by atoms with Gasteiger partial charge in [0.15, 0.2) is 0 Å². The monoisotopic (exact) mass is 315 g/mol. The highest BCUT2D eigenvalue weighted by atomic mass is 32.2. The fourth-order valence-corrected chi connectivity index (χ4v) is 4.26.